The number of anilines is 1. The second kappa shape index (κ2) is 6.34. The molecule has 0 saturated carbocycles. The van der Waals surface area contributed by atoms with Gasteiger partial charge in [0.1, 0.15) is 0 Å². The predicted molar refractivity (Wildman–Crippen MR) is 115 cm³/mol. The zero-order valence-electron chi connectivity index (χ0n) is 16.8. The molecule has 2 atom stereocenters. The Morgan fingerprint density at radius 1 is 0.875 bits per heavy atom. The monoisotopic (exact) mass is 426 g/mol. The first-order valence-corrected chi connectivity index (χ1v) is 10.4. The van der Waals surface area contributed by atoms with Gasteiger partial charge in [-0.2, -0.15) is 0 Å². The Hall–Kier alpha value is -3.84. The average molecular weight is 426 g/mol. The van der Waals surface area contributed by atoms with Crippen molar-refractivity contribution in [2.45, 2.75) is 11.3 Å². The number of hydrogen-bond acceptors (Lipinski definition) is 5. The Bertz CT molecular complexity index is 1270. The van der Waals surface area contributed by atoms with Crippen LogP contribution in [0.15, 0.2) is 72.8 Å². The summed E-state index contributed by atoms with van der Waals surface area (Å²) >= 11 is 0. The van der Waals surface area contributed by atoms with E-state index in [-0.39, 0.29) is 30.0 Å². The van der Waals surface area contributed by atoms with Crippen molar-refractivity contribution < 1.29 is 19.6 Å². The van der Waals surface area contributed by atoms with E-state index in [0.29, 0.717) is 5.69 Å². The Labute approximate surface area is 183 Å². The van der Waals surface area contributed by atoms with E-state index in [4.69, 9.17) is 0 Å². The molecule has 7 nitrogen and oxygen atoms in total. The number of non-ortho nitro benzene ring substituents is 1. The summed E-state index contributed by atoms with van der Waals surface area (Å²) in [4.78, 5) is 39.2. The number of carbonyl (C=O) groups is 2. The summed E-state index contributed by atoms with van der Waals surface area (Å²) < 4.78 is 0. The summed E-state index contributed by atoms with van der Waals surface area (Å²) in [6.07, 6.45) is 0. The summed E-state index contributed by atoms with van der Waals surface area (Å²) in [5.41, 5.74) is 2.88. The van der Waals surface area contributed by atoms with Crippen molar-refractivity contribution in [1.29, 1.82) is 0 Å². The zero-order valence-corrected chi connectivity index (χ0v) is 16.8. The van der Waals surface area contributed by atoms with Gasteiger partial charge in [0, 0.05) is 18.1 Å². The van der Waals surface area contributed by atoms with Crippen molar-refractivity contribution in [2.24, 2.45) is 11.8 Å². The molecule has 1 fully saturated rings. The molecule has 7 heteroatoms. The van der Waals surface area contributed by atoms with Crippen LogP contribution in [0.3, 0.4) is 0 Å². The SMILES string of the molecule is O=C1[C@@H]2C3c4ccccc4C(CO)(c4ccccc43)[C@@H]2C(=O)N1c1ccc([N+](=O)[O-])cc1. The molecule has 0 radical (unpaired) electrons. The summed E-state index contributed by atoms with van der Waals surface area (Å²) in [5, 5.41) is 21.8. The number of nitro groups is 1. The normalized spacial score (nSPS) is 27.2. The van der Waals surface area contributed by atoms with Gasteiger partial charge in [-0.25, -0.2) is 4.90 Å². The number of carbonyl (C=O) groups excluding carboxylic acids is 2. The van der Waals surface area contributed by atoms with Crippen LogP contribution in [0.1, 0.15) is 28.2 Å². The van der Waals surface area contributed by atoms with Crippen LogP contribution in [0, 0.1) is 22.0 Å². The van der Waals surface area contributed by atoms with Gasteiger partial charge in [0.15, 0.2) is 0 Å². The molecule has 32 heavy (non-hydrogen) atoms. The fraction of sp³-hybridized carbons (Fsp3) is 0.200. The van der Waals surface area contributed by atoms with Crippen LogP contribution in [0.25, 0.3) is 0 Å². The Morgan fingerprint density at radius 3 is 1.97 bits per heavy atom. The van der Waals surface area contributed by atoms with Gasteiger partial charge in [-0.15, -0.1) is 0 Å². The molecule has 2 amide bonds. The molecule has 7 rings (SSSR count). The number of amides is 2. The van der Waals surface area contributed by atoms with Crippen molar-refractivity contribution in [1.82, 2.24) is 0 Å². The maximum absolute atomic E-state index is 13.8. The summed E-state index contributed by atoms with van der Waals surface area (Å²) in [6.45, 7) is -0.304. The van der Waals surface area contributed by atoms with Crippen molar-refractivity contribution in [3.8, 4) is 0 Å². The predicted octanol–water partition coefficient (Wildman–Crippen LogP) is 3.14. The van der Waals surface area contributed by atoms with Gasteiger partial charge < -0.3 is 5.11 Å². The molecule has 3 aromatic carbocycles. The molecule has 158 valence electrons. The lowest BCUT2D eigenvalue weighted by Gasteiger charge is -2.53. The van der Waals surface area contributed by atoms with Crippen LogP contribution >= 0.6 is 0 Å². The molecule has 2 bridgehead atoms. The zero-order chi connectivity index (χ0) is 22.2. The highest BCUT2D eigenvalue weighted by atomic mass is 16.6. The second-order valence-electron chi connectivity index (χ2n) is 8.57. The van der Waals surface area contributed by atoms with Gasteiger partial charge in [-0.3, -0.25) is 19.7 Å². The summed E-state index contributed by atoms with van der Waals surface area (Å²) in [5.74, 6) is -2.39. The van der Waals surface area contributed by atoms with E-state index >= 15 is 0 Å². The van der Waals surface area contributed by atoms with Gasteiger partial charge in [0.05, 0.1) is 34.5 Å². The smallest absolute Gasteiger partial charge is 0.269 e. The van der Waals surface area contributed by atoms with Crippen LogP contribution in [-0.2, 0) is 15.0 Å². The summed E-state index contributed by atoms with van der Waals surface area (Å²) in [7, 11) is 0. The van der Waals surface area contributed by atoms with Crippen LogP contribution < -0.4 is 4.90 Å². The average Bonchev–Trinajstić information content (AvgIpc) is 3.10. The second-order valence-corrected chi connectivity index (χ2v) is 8.57. The third kappa shape index (κ3) is 2.08. The Balaban J connectivity index is 1.58. The van der Waals surface area contributed by atoms with Crippen molar-refractivity contribution in [2.75, 3.05) is 11.5 Å². The van der Waals surface area contributed by atoms with E-state index in [1.165, 1.54) is 24.3 Å². The van der Waals surface area contributed by atoms with Crippen molar-refractivity contribution >= 4 is 23.2 Å². The third-order valence-electron chi connectivity index (χ3n) is 7.36. The van der Waals surface area contributed by atoms with Crippen LogP contribution in [0.2, 0.25) is 0 Å². The van der Waals surface area contributed by atoms with Gasteiger partial charge in [0.25, 0.3) is 5.69 Å². The number of imide groups is 1. The number of nitro benzene ring substituents is 1. The molecule has 1 N–H and O–H groups in total. The molecular formula is C25H18N2O5. The quantitative estimate of drug-likeness (QED) is 0.394. The fourth-order valence-electron chi connectivity index (χ4n) is 6.18. The van der Waals surface area contributed by atoms with Crippen LogP contribution in [0.5, 0.6) is 0 Å². The number of hydrogen-bond donors (Lipinski definition) is 1. The minimum atomic E-state index is -1.02. The van der Waals surface area contributed by atoms with E-state index in [1.54, 1.807) is 0 Å². The number of benzene rings is 3. The highest BCUT2D eigenvalue weighted by molar-refractivity contribution is 6.23. The van der Waals surface area contributed by atoms with Gasteiger partial charge in [-0.1, -0.05) is 48.5 Å². The molecule has 0 aromatic heterocycles. The van der Waals surface area contributed by atoms with Crippen molar-refractivity contribution in [3.05, 3.63) is 105 Å². The van der Waals surface area contributed by atoms with E-state index in [0.717, 1.165) is 27.2 Å². The molecule has 1 saturated heterocycles. The van der Waals surface area contributed by atoms with Gasteiger partial charge in [0.2, 0.25) is 11.8 Å². The van der Waals surface area contributed by atoms with E-state index in [9.17, 15) is 24.8 Å². The number of nitrogens with zero attached hydrogens (tertiary/aromatic N) is 2. The topological polar surface area (TPSA) is 101 Å². The molecule has 3 aliphatic carbocycles. The lowest BCUT2D eigenvalue weighted by molar-refractivity contribution is -0.384. The first-order valence-electron chi connectivity index (χ1n) is 10.4. The van der Waals surface area contributed by atoms with Crippen LogP contribution in [-0.4, -0.2) is 28.5 Å². The van der Waals surface area contributed by atoms with E-state index < -0.39 is 22.2 Å². The fourth-order valence-corrected chi connectivity index (χ4v) is 6.18. The van der Waals surface area contributed by atoms with E-state index in [2.05, 4.69) is 0 Å². The lowest BCUT2D eigenvalue weighted by Crippen LogP contribution is -2.55. The van der Waals surface area contributed by atoms with Gasteiger partial charge in [-0.05, 0) is 34.4 Å². The van der Waals surface area contributed by atoms with Crippen molar-refractivity contribution in [3.63, 3.8) is 0 Å². The molecule has 1 heterocycles. The lowest BCUT2D eigenvalue weighted by atomic mass is 9.47. The minimum absolute atomic E-state index is 0.114. The van der Waals surface area contributed by atoms with E-state index in [1.807, 2.05) is 48.5 Å². The third-order valence-corrected chi connectivity index (χ3v) is 7.36. The maximum atomic E-state index is 13.8. The maximum Gasteiger partial charge on any atom is 0.269 e. The highest BCUT2D eigenvalue weighted by Gasteiger charge is 2.68. The Morgan fingerprint density at radius 2 is 1.44 bits per heavy atom. The minimum Gasteiger partial charge on any atom is -0.395 e. The largest absolute Gasteiger partial charge is 0.395 e. The highest BCUT2D eigenvalue weighted by Crippen LogP contribution is 2.64. The summed E-state index contributed by atoms with van der Waals surface area (Å²) in [6, 6.07) is 20.9. The molecule has 1 aliphatic heterocycles. The number of rotatable bonds is 3. The molecular weight excluding hydrogens is 408 g/mol. The van der Waals surface area contributed by atoms with Gasteiger partial charge >= 0.3 is 0 Å². The van der Waals surface area contributed by atoms with Crippen LogP contribution in [0.4, 0.5) is 11.4 Å². The first-order chi connectivity index (χ1) is 15.5. The molecule has 0 unspecified atom stereocenters. The first kappa shape index (κ1) is 18.9. The Kier molecular flexibility index (Phi) is 3.74. The standard InChI is InChI=1S/C25H18N2O5/c28-13-25-18-7-3-1-5-16(18)20(17-6-2-4-8-19(17)25)21-22(25)24(30)26(23(21)29)14-9-11-15(12-10-14)27(31)32/h1-12,20-22,28H,13H2/t20?,21-,22+,25?/m1/s1. The molecule has 0 spiro atoms. The number of aliphatic hydroxyl groups excluding tert-OH is 1. The number of aliphatic hydroxyl groups is 1. The molecule has 3 aromatic rings. The molecule has 4 aliphatic rings.